The number of aliphatic hydroxyl groups is 1. The smallest absolute Gasteiger partial charge is 0.335 e. The molecule has 0 spiro atoms. The van der Waals surface area contributed by atoms with Gasteiger partial charge in [0.25, 0.3) is 0 Å². The second-order valence-corrected chi connectivity index (χ2v) is 4.10. The maximum absolute atomic E-state index is 11.4. The molecule has 0 aromatic heterocycles. The lowest BCUT2D eigenvalue weighted by atomic mass is 9.91. The van der Waals surface area contributed by atoms with Crippen molar-refractivity contribution in [3.05, 3.63) is 11.6 Å². The molecule has 94 valence electrons. The van der Waals surface area contributed by atoms with E-state index >= 15 is 0 Å². The number of aliphatic hydroxyl groups excluding tert-OH is 1. The van der Waals surface area contributed by atoms with Crippen LogP contribution in [0, 0.1) is 0 Å². The molecule has 0 unspecified atom stereocenters. The quantitative estimate of drug-likeness (QED) is 0.627. The van der Waals surface area contributed by atoms with E-state index in [0.29, 0.717) is 5.57 Å². The van der Waals surface area contributed by atoms with Gasteiger partial charge < -0.3 is 19.3 Å². The SMILES string of the molecule is COC(=O)C1=C[C@H](O)[C@H]2OC(=O)[C@H](C)O[C@@H]2C1. The molecule has 0 amide bonds. The number of carbonyl (C=O) groups excluding carboxylic acids is 2. The Labute approximate surface area is 98.1 Å². The van der Waals surface area contributed by atoms with Crippen LogP contribution in [0.4, 0.5) is 0 Å². The summed E-state index contributed by atoms with van der Waals surface area (Å²) in [6, 6.07) is 0. The highest BCUT2D eigenvalue weighted by Crippen LogP contribution is 2.29. The van der Waals surface area contributed by atoms with E-state index in [1.165, 1.54) is 13.2 Å². The topological polar surface area (TPSA) is 82.1 Å². The number of rotatable bonds is 1. The van der Waals surface area contributed by atoms with Crippen molar-refractivity contribution in [1.29, 1.82) is 0 Å². The molecule has 1 N–H and O–H groups in total. The van der Waals surface area contributed by atoms with Gasteiger partial charge in [-0.25, -0.2) is 9.59 Å². The average molecular weight is 242 g/mol. The van der Waals surface area contributed by atoms with Crippen LogP contribution in [-0.2, 0) is 23.8 Å². The Morgan fingerprint density at radius 3 is 2.94 bits per heavy atom. The summed E-state index contributed by atoms with van der Waals surface area (Å²) in [5, 5.41) is 9.78. The summed E-state index contributed by atoms with van der Waals surface area (Å²) in [6.07, 6.45) is -1.35. The zero-order valence-corrected chi connectivity index (χ0v) is 9.58. The Bertz CT molecular complexity index is 374. The summed E-state index contributed by atoms with van der Waals surface area (Å²) in [5.74, 6) is -1.00. The van der Waals surface area contributed by atoms with E-state index in [9.17, 15) is 14.7 Å². The van der Waals surface area contributed by atoms with Crippen LogP contribution in [0.5, 0.6) is 0 Å². The fourth-order valence-corrected chi connectivity index (χ4v) is 2.02. The standard InChI is InChI=1S/C11H14O6/c1-5-10(13)17-9-7(12)3-6(11(14)15-2)4-8(9)16-5/h3,5,7-9,12H,4H2,1-2H3/t5-,7-,8+,9+/m0/s1. The van der Waals surface area contributed by atoms with E-state index in [2.05, 4.69) is 4.74 Å². The van der Waals surface area contributed by atoms with E-state index < -0.39 is 36.4 Å². The lowest BCUT2D eigenvalue weighted by molar-refractivity contribution is -0.209. The summed E-state index contributed by atoms with van der Waals surface area (Å²) in [5.41, 5.74) is 0.339. The van der Waals surface area contributed by atoms with Crippen molar-refractivity contribution < 1.29 is 28.9 Å². The van der Waals surface area contributed by atoms with E-state index in [1.807, 2.05) is 0 Å². The van der Waals surface area contributed by atoms with Gasteiger partial charge in [0.2, 0.25) is 0 Å². The summed E-state index contributed by atoms with van der Waals surface area (Å²) < 4.78 is 15.1. The summed E-state index contributed by atoms with van der Waals surface area (Å²) in [7, 11) is 1.27. The Balaban J connectivity index is 2.18. The average Bonchev–Trinajstić information content (AvgIpc) is 2.30. The van der Waals surface area contributed by atoms with E-state index in [-0.39, 0.29) is 6.42 Å². The van der Waals surface area contributed by atoms with Gasteiger partial charge in [0.15, 0.2) is 12.2 Å². The highest BCUT2D eigenvalue weighted by molar-refractivity contribution is 5.89. The van der Waals surface area contributed by atoms with Crippen LogP contribution in [0.2, 0.25) is 0 Å². The monoisotopic (exact) mass is 242 g/mol. The van der Waals surface area contributed by atoms with Crippen LogP contribution in [0.15, 0.2) is 11.6 Å². The van der Waals surface area contributed by atoms with Crippen molar-refractivity contribution in [3.63, 3.8) is 0 Å². The molecule has 0 saturated carbocycles. The second kappa shape index (κ2) is 4.46. The zero-order chi connectivity index (χ0) is 12.6. The van der Waals surface area contributed by atoms with Crippen molar-refractivity contribution in [1.82, 2.24) is 0 Å². The first-order valence-electron chi connectivity index (χ1n) is 5.36. The third-order valence-corrected chi connectivity index (χ3v) is 2.91. The molecular formula is C11H14O6. The number of fused-ring (bicyclic) bond motifs is 1. The lowest BCUT2D eigenvalue weighted by Crippen LogP contribution is -2.52. The van der Waals surface area contributed by atoms with Crippen LogP contribution in [0.1, 0.15) is 13.3 Å². The minimum absolute atomic E-state index is 0.270. The molecule has 2 aliphatic rings. The predicted molar refractivity (Wildman–Crippen MR) is 54.9 cm³/mol. The van der Waals surface area contributed by atoms with Gasteiger partial charge in [-0.05, 0) is 13.0 Å². The van der Waals surface area contributed by atoms with Gasteiger partial charge >= 0.3 is 11.9 Å². The maximum atomic E-state index is 11.4. The molecule has 0 aromatic carbocycles. The van der Waals surface area contributed by atoms with Crippen LogP contribution in [-0.4, -0.2) is 48.6 Å². The van der Waals surface area contributed by atoms with Gasteiger partial charge in [-0.1, -0.05) is 0 Å². The predicted octanol–water partition coefficient (Wildman–Crippen LogP) is -0.451. The third-order valence-electron chi connectivity index (χ3n) is 2.91. The first-order chi connectivity index (χ1) is 8.02. The molecule has 0 radical (unpaired) electrons. The maximum Gasteiger partial charge on any atom is 0.335 e. The second-order valence-electron chi connectivity index (χ2n) is 4.10. The molecule has 6 nitrogen and oxygen atoms in total. The van der Waals surface area contributed by atoms with Gasteiger partial charge in [-0.2, -0.15) is 0 Å². The Morgan fingerprint density at radius 2 is 2.29 bits per heavy atom. The van der Waals surface area contributed by atoms with E-state index in [0.717, 1.165) is 0 Å². The van der Waals surface area contributed by atoms with Crippen LogP contribution in [0.25, 0.3) is 0 Å². The van der Waals surface area contributed by atoms with Crippen molar-refractivity contribution in [2.75, 3.05) is 7.11 Å². The first kappa shape index (κ1) is 12.1. The number of carbonyl (C=O) groups is 2. The van der Waals surface area contributed by atoms with E-state index in [1.54, 1.807) is 6.92 Å². The molecule has 6 heteroatoms. The molecule has 0 aromatic rings. The Hall–Kier alpha value is -1.40. The van der Waals surface area contributed by atoms with Gasteiger partial charge in [0.1, 0.15) is 12.2 Å². The molecule has 17 heavy (non-hydrogen) atoms. The Morgan fingerprint density at radius 1 is 1.59 bits per heavy atom. The molecule has 0 bridgehead atoms. The minimum Gasteiger partial charge on any atom is -0.466 e. The summed E-state index contributed by atoms with van der Waals surface area (Å²) in [4.78, 5) is 22.7. The van der Waals surface area contributed by atoms with Crippen molar-refractivity contribution in [2.24, 2.45) is 0 Å². The van der Waals surface area contributed by atoms with Gasteiger partial charge in [0, 0.05) is 12.0 Å². The van der Waals surface area contributed by atoms with Gasteiger partial charge in [-0.3, -0.25) is 0 Å². The van der Waals surface area contributed by atoms with Crippen LogP contribution < -0.4 is 0 Å². The van der Waals surface area contributed by atoms with Crippen LogP contribution >= 0.6 is 0 Å². The van der Waals surface area contributed by atoms with Crippen LogP contribution in [0.3, 0.4) is 0 Å². The number of methoxy groups -OCH3 is 1. The van der Waals surface area contributed by atoms with Gasteiger partial charge in [0.05, 0.1) is 7.11 Å². The Kier molecular flexibility index (Phi) is 3.17. The molecule has 1 saturated heterocycles. The number of esters is 2. The fourth-order valence-electron chi connectivity index (χ4n) is 2.02. The number of ether oxygens (including phenoxy) is 3. The molecule has 1 fully saturated rings. The highest BCUT2D eigenvalue weighted by atomic mass is 16.6. The largest absolute Gasteiger partial charge is 0.466 e. The molecule has 2 rings (SSSR count). The third kappa shape index (κ3) is 2.18. The molecule has 4 atom stereocenters. The molecular weight excluding hydrogens is 228 g/mol. The number of hydrogen-bond acceptors (Lipinski definition) is 6. The molecule has 1 aliphatic heterocycles. The summed E-state index contributed by atoms with van der Waals surface area (Å²) in [6.45, 7) is 1.57. The molecule has 1 heterocycles. The van der Waals surface area contributed by atoms with Crippen molar-refractivity contribution >= 4 is 11.9 Å². The minimum atomic E-state index is -1.04. The van der Waals surface area contributed by atoms with E-state index in [4.69, 9.17) is 9.47 Å². The normalized spacial score (nSPS) is 36.6. The molecule has 1 aliphatic carbocycles. The summed E-state index contributed by atoms with van der Waals surface area (Å²) >= 11 is 0. The van der Waals surface area contributed by atoms with Gasteiger partial charge in [-0.15, -0.1) is 0 Å². The highest BCUT2D eigenvalue weighted by Gasteiger charge is 2.43. The van der Waals surface area contributed by atoms with Crippen molar-refractivity contribution in [2.45, 2.75) is 37.8 Å². The fraction of sp³-hybridized carbons (Fsp3) is 0.636. The zero-order valence-electron chi connectivity index (χ0n) is 9.58. The van der Waals surface area contributed by atoms with Crippen molar-refractivity contribution in [3.8, 4) is 0 Å². The lowest BCUT2D eigenvalue weighted by Gasteiger charge is -2.38. The number of hydrogen-bond donors (Lipinski definition) is 1. The first-order valence-corrected chi connectivity index (χ1v) is 5.36.